The quantitative estimate of drug-likeness (QED) is 0.787. The van der Waals surface area contributed by atoms with Crippen molar-refractivity contribution in [3.63, 3.8) is 0 Å². The highest BCUT2D eigenvalue weighted by Crippen LogP contribution is 2.28. The zero-order valence-corrected chi connectivity index (χ0v) is 10.5. The predicted molar refractivity (Wildman–Crippen MR) is 69.5 cm³/mol. The van der Waals surface area contributed by atoms with E-state index >= 15 is 0 Å². The van der Waals surface area contributed by atoms with Gasteiger partial charge < -0.3 is 20.5 Å². The lowest BCUT2D eigenvalue weighted by Crippen LogP contribution is -2.32. The first-order valence-electron chi connectivity index (χ1n) is 5.94. The van der Waals surface area contributed by atoms with Crippen molar-refractivity contribution >= 4 is 11.4 Å². The Balaban J connectivity index is 2.02. The van der Waals surface area contributed by atoms with E-state index in [0.29, 0.717) is 0 Å². The lowest BCUT2D eigenvalue weighted by molar-refractivity contribution is 0.0315. The lowest BCUT2D eigenvalue weighted by atomic mass is 10.0. The third-order valence-corrected chi connectivity index (χ3v) is 3.21. The number of nitrogen functional groups attached to an aromatic ring is 1. The highest BCUT2D eigenvalue weighted by molar-refractivity contribution is 5.68. The number of nitrogens with two attached hydrogens (primary N) is 1. The molecule has 2 rings (SSSR count). The maximum atomic E-state index is 5.91. The smallest absolute Gasteiger partial charge is 0.121 e. The topological polar surface area (TPSA) is 56.5 Å². The van der Waals surface area contributed by atoms with Crippen molar-refractivity contribution in [3.05, 3.63) is 18.2 Å². The highest BCUT2D eigenvalue weighted by atomic mass is 16.5. The van der Waals surface area contributed by atoms with E-state index in [4.69, 9.17) is 15.2 Å². The first-order valence-corrected chi connectivity index (χ1v) is 5.94. The van der Waals surface area contributed by atoms with Gasteiger partial charge in [0, 0.05) is 19.2 Å². The van der Waals surface area contributed by atoms with Crippen LogP contribution in [0.5, 0.6) is 5.75 Å². The normalized spacial score (nSPS) is 23.6. The minimum absolute atomic E-state index is 0.0739. The molecule has 0 amide bonds. The van der Waals surface area contributed by atoms with E-state index in [0.717, 1.165) is 43.1 Å². The van der Waals surface area contributed by atoms with Crippen LogP contribution in [0.2, 0.25) is 0 Å². The summed E-state index contributed by atoms with van der Waals surface area (Å²) in [6.45, 7) is 3.75. The van der Waals surface area contributed by atoms with Gasteiger partial charge >= 0.3 is 0 Å². The molecule has 4 heteroatoms. The molecule has 1 heterocycles. The Morgan fingerprint density at radius 1 is 1.53 bits per heavy atom. The number of rotatable bonds is 4. The van der Waals surface area contributed by atoms with Crippen molar-refractivity contribution in [2.75, 3.05) is 31.3 Å². The standard InChI is InChI=1S/C13H20N2O2/c1-13(6-3-7-17-13)9-15-12-8-10(16-2)4-5-11(12)14/h4-5,8,15H,3,6-7,9,14H2,1-2H3. The van der Waals surface area contributed by atoms with Crippen LogP contribution in [0, 0.1) is 0 Å². The third-order valence-electron chi connectivity index (χ3n) is 3.21. The molecular weight excluding hydrogens is 216 g/mol. The summed E-state index contributed by atoms with van der Waals surface area (Å²) in [4.78, 5) is 0. The summed E-state index contributed by atoms with van der Waals surface area (Å²) >= 11 is 0. The third kappa shape index (κ3) is 2.82. The van der Waals surface area contributed by atoms with Crippen molar-refractivity contribution in [3.8, 4) is 5.75 Å². The van der Waals surface area contributed by atoms with Crippen molar-refractivity contribution < 1.29 is 9.47 Å². The van der Waals surface area contributed by atoms with Gasteiger partial charge in [0.15, 0.2) is 0 Å². The first kappa shape index (κ1) is 12.0. The molecule has 1 fully saturated rings. The molecule has 3 N–H and O–H groups in total. The molecule has 0 radical (unpaired) electrons. The molecule has 0 bridgehead atoms. The van der Waals surface area contributed by atoms with E-state index in [2.05, 4.69) is 12.2 Å². The molecule has 0 aliphatic carbocycles. The second-order valence-electron chi connectivity index (χ2n) is 4.71. The minimum atomic E-state index is -0.0739. The fourth-order valence-corrected chi connectivity index (χ4v) is 2.07. The average Bonchev–Trinajstić information content (AvgIpc) is 2.76. The summed E-state index contributed by atoms with van der Waals surface area (Å²) in [5.74, 6) is 0.805. The average molecular weight is 236 g/mol. The van der Waals surface area contributed by atoms with Crippen molar-refractivity contribution in [2.24, 2.45) is 0 Å². The zero-order chi connectivity index (χ0) is 12.3. The van der Waals surface area contributed by atoms with Crippen LogP contribution >= 0.6 is 0 Å². The van der Waals surface area contributed by atoms with E-state index in [1.807, 2.05) is 18.2 Å². The van der Waals surface area contributed by atoms with Crippen LogP contribution in [0.3, 0.4) is 0 Å². The second-order valence-corrected chi connectivity index (χ2v) is 4.71. The van der Waals surface area contributed by atoms with Gasteiger partial charge in [0.05, 0.1) is 24.1 Å². The van der Waals surface area contributed by atoms with Crippen LogP contribution in [-0.4, -0.2) is 25.9 Å². The van der Waals surface area contributed by atoms with Crippen LogP contribution < -0.4 is 15.8 Å². The lowest BCUT2D eigenvalue weighted by Gasteiger charge is -2.24. The van der Waals surface area contributed by atoms with Gasteiger partial charge in [-0.3, -0.25) is 0 Å². The second kappa shape index (κ2) is 4.84. The van der Waals surface area contributed by atoms with Crippen LogP contribution in [0.1, 0.15) is 19.8 Å². The molecule has 17 heavy (non-hydrogen) atoms. The molecule has 94 valence electrons. The predicted octanol–water partition coefficient (Wildman–Crippen LogP) is 2.26. The van der Waals surface area contributed by atoms with Crippen LogP contribution in [0.4, 0.5) is 11.4 Å². The maximum Gasteiger partial charge on any atom is 0.121 e. The van der Waals surface area contributed by atoms with Crippen LogP contribution in [0.25, 0.3) is 0 Å². The summed E-state index contributed by atoms with van der Waals surface area (Å²) in [6.07, 6.45) is 2.22. The molecule has 1 aliphatic rings. The Morgan fingerprint density at radius 2 is 2.35 bits per heavy atom. The molecule has 1 aromatic rings. The Labute approximate surface area is 102 Å². The van der Waals surface area contributed by atoms with E-state index in [1.54, 1.807) is 7.11 Å². The fourth-order valence-electron chi connectivity index (χ4n) is 2.07. The highest BCUT2D eigenvalue weighted by Gasteiger charge is 2.29. The Bertz CT molecular complexity index is 387. The number of benzene rings is 1. The molecular formula is C13H20N2O2. The summed E-state index contributed by atoms with van der Waals surface area (Å²) in [5.41, 5.74) is 7.47. The van der Waals surface area contributed by atoms with Gasteiger partial charge in [0.25, 0.3) is 0 Å². The SMILES string of the molecule is COc1ccc(N)c(NCC2(C)CCCO2)c1. The molecule has 1 atom stereocenters. The summed E-state index contributed by atoms with van der Waals surface area (Å²) in [5, 5.41) is 3.34. The van der Waals surface area contributed by atoms with Crippen molar-refractivity contribution in [1.82, 2.24) is 0 Å². The first-order chi connectivity index (χ1) is 8.13. The van der Waals surface area contributed by atoms with Crippen LogP contribution in [0.15, 0.2) is 18.2 Å². The molecule has 0 spiro atoms. The zero-order valence-electron chi connectivity index (χ0n) is 10.5. The molecule has 0 aromatic heterocycles. The summed E-state index contributed by atoms with van der Waals surface area (Å²) < 4.78 is 10.9. The molecule has 1 aromatic carbocycles. The Hall–Kier alpha value is -1.42. The van der Waals surface area contributed by atoms with Crippen LogP contribution in [-0.2, 0) is 4.74 Å². The van der Waals surface area contributed by atoms with E-state index < -0.39 is 0 Å². The number of methoxy groups -OCH3 is 1. The number of hydrogen-bond donors (Lipinski definition) is 2. The number of ether oxygens (including phenoxy) is 2. The largest absolute Gasteiger partial charge is 0.497 e. The van der Waals surface area contributed by atoms with Gasteiger partial charge in [-0.1, -0.05) is 0 Å². The van der Waals surface area contributed by atoms with Gasteiger partial charge in [0.1, 0.15) is 5.75 Å². The molecule has 4 nitrogen and oxygen atoms in total. The minimum Gasteiger partial charge on any atom is -0.497 e. The van der Waals surface area contributed by atoms with Crippen molar-refractivity contribution in [2.45, 2.75) is 25.4 Å². The van der Waals surface area contributed by atoms with Gasteiger partial charge in [-0.15, -0.1) is 0 Å². The molecule has 1 saturated heterocycles. The van der Waals surface area contributed by atoms with Gasteiger partial charge in [-0.25, -0.2) is 0 Å². The summed E-state index contributed by atoms with van der Waals surface area (Å²) in [6, 6.07) is 5.61. The van der Waals surface area contributed by atoms with E-state index in [-0.39, 0.29) is 5.60 Å². The molecule has 0 saturated carbocycles. The molecule has 1 aliphatic heterocycles. The van der Waals surface area contributed by atoms with Gasteiger partial charge in [0.2, 0.25) is 0 Å². The number of hydrogen-bond acceptors (Lipinski definition) is 4. The monoisotopic (exact) mass is 236 g/mol. The number of anilines is 2. The molecule has 1 unspecified atom stereocenters. The fraction of sp³-hybridized carbons (Fsp3) is 0.538. The van der Waals surface area contributed by atoms with E-state index in [1.165, 1.54) is 0 Å². The number of nitrogens with one attached hydrogen (secondary N) is 1. The maximum absolute atomic E-state index is 5.91. The van der Waals surface area contributed by atoms with E-state index in [9.17, 15) is 0 Å². The van der Waals surface area contributed by atoms with Gasteiger partial charge in [-0.2, -0.15) is 0 Å². The Morgan fingerprint density at radius 3 is 3.00 bits per heavy atom. The Kier molecular flexibility index (Phi) is 3.43. The van der Waals surface area contributed by atoms with Crippen molar-refractivity contribution in [1.29, 1.82) is 0 Å². The summed E-state index contributed by atoms with van der Waals surface area (Å²) in [7, 11) is 1.65. The van der Waals surface area contributed by atoms with Gasteiger partial charge in [-0.05, 0) is 31.9 Å².